The monoisotopic (exact) mass is 716 g/mol. The molecule has 0 saturated carbocycles. The molecule has 1 saturated heterocycles. The summed E-state index contributed by atoms with van der Waals surface area (Å²) in [5, 5.41) is 2.85. The molecule has 36 heavy (non-hydrogen) atoms. The zero-order chi connectivity index (χ0) is 26.0. The van der Waals surface area contributed by atoms with Crippen molar-refractivity contribution in [2.24, 2.45) is 0 Å². The Morgan fingerprint density at radius 1 is 1.14 bits per heavy atom. The molecule has 0 unspecified atom stereocenters. The molecule has 1 N–H and O–H groups in total. The number of rotatable bonds is 6. The van der Waals surface area contributed by atoms with Gasteiger partial charge < -0.3 is 9.47 Å². The standard InChI is InChI=1S/C25H16BrCl2IN2O4S/c1-34-20-11-14(10-18(29)22(20)35-12-13-5-7-15(26)8-6-13)9-16-23(32)30-25(36)31(24(16)33)19-4-2-3-17(27)21(19)28/h2-11H,12H2,1H3,(H,30,32,36)/b16-9+. The van der Waals surface area contributed by atoms with Crippen molar-refractivity contribution >= 4 is 103 Å². The third kappa shape index (κ3) is 5.70. The summed E-state index contributed by atoms with van der Waals surface area (Å²) in [5.41, 5.74) is 1.70. The van der Waals surface area contributed by atoms with Crippen molar-refractivity contribution in [3.63, 3.8) is 0 Å². The van der Waals surface area contributed by atoms with E-state index in [1.54, 1.807) is 30.3 Å². The number of carbonyl (C=O) groups excluding carboxylic acids is 2. The van der Waals surface area contributed by atoms with E-state index < -0.39 is 11.8 Å². The van der Waals surface area contributed by atoms with E-state index in [-0.39, 0.29) is 26.4 Å². The zero-order valence-corrected chi connectivity index (χ0v) is 24.6. The second-order valence-electron chi connectivity index (χ2n) is 7.48. The van der Waals surface area contributed by atoms with Gasteiger partial charge in [0.1, 0.15) is 12.2 Å². The van der Waals surface area contributed by atoms with Gasteiger partial charge >= 0.3 is 0 Å². The molecule has 3 aromatic carbocycles. The maximum atomic E-state index is 13.4. The number of halogens is 4. The maximum absolute atomic E-state index is 13.4. The molecule has 1 aliphatic heterocycles. The molecule has 0 aliphatic carbocycles. The number of thiocarbonyl (C=S) groups is 1. The zero-order valence-electron chi connectivity index (χ0n) is 18.5. The van der Waals surface area contributed by atoms with E-state index in [1.165, 1.54) is 13.2 Å². The van der Waals surface area contributed by atoms with Crippen LogP contribution in [-0.2, 0) is 16.2 Å². The second kappa shape index (κ2) is 11.5. The van der Waals surface area contributed by atoms with Crippen molar-refractivity contribution in [2.75, 3.05) is 12.0 Å². The average molecular weight is 718 g/mol. The van der Waals surface area contributed by atoms with Gasteiger partial charge in [0.05, 0.1) is 26.4 Å². The Morgan fingerprint density at radius 2 is 1.86 bits per heavy atom. The van der Waals surface area contributed by atoms with E-state index in [1.807, 2.05) is 24.3 Å². The number of amides is 2. The van der Waals surface area contributed by atoms with Gasteiger partial charge in [-0.15, -0.1) is 0 Å². The largest absolute Gasteiger partial charge is 0.493 e. The summed E-state index contributed by atoms with van der Waals surface area (Å²) < 4.78 is 13.3. The van der Waals surface area contributed by atoms with Crippen molar-refractivity contribution < 1.29 is 19.1 Å². The van der Waals surface area contributed by atoms with Crippen molar-refractivity contribution in [3.8, 4) is 11.5 Å². The summed E-state index contributed by atoms with van der Waals surface area (Å²) in [7, 11) is 1.52. The van der Waals surface area contributed by atoms with Gasteiger partial charge in [0.25, 0.3) is 11.8 Å². The van der Waals surface area contributed by atoms with Crippen molar-refractivity contribution in [2.45, 2.75) is 6.61 Å². The van der Waals surface area contributed by atoms with Crippen LogP contribution in [0.3, 0.4) is 0 Å². The van der Waals surface area contributed by atoms with E-state index >= 15 is 0 Å². The summed E-state index contributed by atoms with van der Waals surface area (Å²) in [6.45, 7) is 0.341. The van der Waals surface area contributed by atoms with Crippen LogP contribution < -0.4 is 19.7 Å². The average Bonchev–Trinajstić information content (AvgIpc) is 2.84. The number of anilines is 1. The summed E-state index contributed by atoms with van der Waals surface area (Å²) in [4.78, 5) is 27.2. The Hall–Kier alpha value is -2.18. The Bertz CT molecular complexity index is 1420. The quantitative estimate of drug-likeness (QED) is 0.132. The SMILES string of the molecule is COc1cc(/C=C2\C(=O)NC(=S)N(c3cccc(Cl)c3Cl)C2=O)cc(I)c1OCc1ccc(Br)cc1. The van der Waals surface area contributed by atoms with Crippen molar-refractivity contribution in [1.29, 1.82) is 0 Å². The van der Waals surface area contributed by atoms with Crippen LogP contribution in [0, 0.1) is 3.57 Å². The van der Waals surface area contributed by atoms with Crippen LogP contribution >= 0.6 is 73.9 Å². The highest BCUT2D eigenvalue weighted by atomic mass is 127. The highest BCUT2D eigenvalue weighted by Crippen LogP contribution is 2.37. The molecule has 4 rings (SSSR count). The van der Waals surface area contributed by atoms with Gasteiger partial charge in [0, 0.05) is 4.47 Å². The predicted molar refractivity (Wildman–Crippen MR) is 157 cm³/mol. The highest BCUT2D eigenvalue weighted by molar-refractivity contribution is 14.1. The van der Waals surface area contributed by atoms with Gasteiger partial charge in [0.2, 0.25) is 0 Å². The fraction of sp³-hybridized carbons (Fsp3) is 0.0800. The first-order valence-electron chi connectivity index (χ1n) is 10.3. The molecule has 184 valence electrons. The lowest BCUT2D eigenvalue weighted by Gasteiger charge is -2.29. The number of carbonyl (C=O) groups is 2. The summed E-state index contributed by atoms with van der Waals surface area (Å²) >= 11 is 23.2. The first-order chi connectivity index (χ1) is 17.2. The summed E-state index contributed by atoms with van der Waals surface area (Å²) in [6.07, 6.45) is 1.47. The van der Waals surface area contributed by atoms with E-state index in [4.69, 9.17) is 44.9 Å². The molecular weight excluding hydrogens is 702 g/mol. The number of benzene rings is 3. The number of ether oxygens (including phenoxy) is 2. The van der Waals surface area contributed by atoms with Gasteiger partial charge in [-0.05, 0) is 88.4 Å². The van der Waals surface area contributed by atoms with E-state index in [9.17, 15) is 9.59 Å². The molecule has 11 heteroatoms. The molecular formula is C25H16BrCl2IN2O4S. The van der Waals surface area contributed by atoms with Gasteiger partial charge in [-0.3, -0.25) is 19.8 Å². The molecule has 0 bridgehead atoms. The highest BCUT2D eigenvalue weighted by Gasteiger charge is 2.35. The molecule has 2 amide bonds. The third-order valence-electron chi connectivity index (χ3n) is 5.13. The number of hydrogen-bond donors (Lipinski definition) is 1. The number of methoxy groups -OCH3 is 1. The molecule has 0 spiro atoms. The minimum Gasteiger partial charge on any atom is -0.493 e. The lowest BCUT2D eigenvalue weighted by atomic mass is 10.1. The minimum atomic E-state index is -0.627. The fourth-order valence-corrected chi connectivity index (χ4v) is 5.11. The van der Waals surface area contributed by atoms with Crippen LogP contribution in [0.1, 0.15) is 11.1 Å². The molecule has 3 aromatic rings. The van der Waals surface area contributed by atoms with Crippen LogP contribution in [-0.4, -0.2) is 24.0 Å². The Kier molecular flexibility index (Phi) is 8.56. The molecule has 0 atom stereocenters. The van der Waals surface area contributed by atoms with Gasteiger partial charge in [-0.25, -0.2) is 0 Å². The normalized spacial score (nSPS) is 14.8. The lowest BCUT2D eigenvalue weighted by Crippen LogP contribution is -2.54. The van der Waals surface area contributed by atoms with Gasteiger partial charge in [0.15, 0.2) is 16.6 Å². The van der Waals surface area contributed by atoms with Crippen LogP contribution in [0.15, 0.2) is 64.6 Å². The van der Waals surface area contributed by atoms with Crippen LogP contribution in [0.2, 0.25) is 10.0 Å². The molecule has 1 heterocycles. The fourth-order valence-electron chi connectivity index (χ4n) is 3.41. The lowest BCUT2D eigenvalue weighted by molar-refractivity contribution is -0.122. The topological polar surface area (TPSA) is 67.9 Å². The van der Waals surface area contributed by atoms with Crippen LogP contribution in [0.5, 0.6) is 11.5 Å². The van der Waals surface area contributed by atoms with E-state index in [2.05, 4.69) is 43.8 Å². The van der Waals surface area contributed by atoms with E-state index in [0.717, 1.165) is 18.5 Å². The van der Waals surface area contributed by atoms with Crippen LogP contribution in [0.25, 0.3) is 6.08 Å². The molecule has 1 fully saturated rings. The molecule has 1 aliphatic rings. The van der Waals surface area contributed by atoms with Gasteiger partial charge in [-0.2, -0.15) is 0 Å². The Morgan fingerprint density at radius 3 is 2.56 bits per heavy atom. The predicted octanol–water partition coefficient (Wildman–Crippen LogP) is 6.78. The summed E-state index contributed by atoms with van der Waals surface area (Å²) in [6, 6.07) is 16.1. The molecule has 6 nitrogen and oxygen atoms in total. The Balaban J connectivity index is 1.66. The van der Waals surface area contributed by atoms with Gasteiger partial charge in [-0.1, -0.05) is 57.3 Å². The first-order valence-corrected chi connectivity index (χ1v) is 13.3. The summed E-state index contributed by atoms with van der Waals surface area (Å²) in [5.74, 6) is -0.239. The molecule has 0 radical (unpaired) electrons. The van der Waals surface area contributed by atoms with E-state index in [0.29, 0.717) is 23.7 Å². The van der Waals surface area contributed by atoms with Crippen molar-refractivity contribution in [3.05, 3.63) is 89.4 Å². The second-order valence-corrected chi connectivity index (χ2v) is 10.7. The minimum absolute atomic E-state index is 0.0878. The smallest absolute Gasteiger partial charge is 0.270 e. The number of nitrogens with zero attached hydrogens (tertiary/aromatic N) is 1. The van der Waals surface area contributed by atoms with Crippen LogP contribution in [0.4, 0.5) is 5.69 Å². The maximum Gasteiger partial charge on any atom is 0.270 e. The molecule has 0 aromatic heterocycles. The first kappa shape index (κ1) is 26.9. The Labute approximate surface area is 244 Å². The number of nitrogens with one attached hydrogen (secondary N) is 1. The third-order valence-corrected chi connectivity index (χ3v) is 7.56. The number of hydrogen-bond acceptors (Lipinski definition) is 5. The van der Waals surface area contributed by atoms with Crippen molar-refractivity contribution in [1.82, 2.24) is 5.32 Å².